The Kier molecular flexibility index (Phi) is 12.7. The molecule has 2 atom stereocenters. The largest absolute Gasteiger partial charge is 0.457 e. The van der Waals surface area contributed by atoms with E-state index in [1.165, 1.54) is 18.5 Å². The summed E-state index contributed by atoms with van der Waals surface area (Å²) in [4.78, 5) is 40.1. The zero-order valence-electron chi connectivity index (χ0n) is 35.2. The topological polar surface area (TPSA) is 177 Å². The monoisotopic (exact) mass is 853 g/mol. The van der Waals surface area contributed by atoms with Crippen molar-refractivity contribution in [3.05, 3.63) is 152 Å². The molecule has 2 aliphatic rings. The van der Waals surface area contributed by atoms with Crippen LogP contribution in [0.5, 0.6) is 23.0 Å². The molecular weight excluding hydrogens is 807 g/mol. The number of fused-ring (bicyclic) bond motifs is 1. The van der Waals surface area contributed by atoms with Crippen LogP contribution in [0.2, 0.25) is 0 Å². The van der Waals surface area contributed by atoms with Gasteiger partial charge in [0.25, 0.3) is 5.69 Å². The van der Waals surface area contributed by atoms with Gasteiger partial charge in [-0.3, -0.25) is 14.3 Å². The zero-order chi connectivity index (χ0) is 44.6. The number of para-hydroxylation sites is 2. The first-order valence-corrected chi connectivity index (χ1v) is 21.0. The minimum absolute atomic E-state index is 0.00566. The molecule has 15 nitrogen and oxygen atoms in total. The zero-order valence-corrected chi connectivity index (χ0v) is 35.2. The van der Waals surface area contributed by atoms with E-state index in [0.717, 1.165) is 54.1 Å². The molecule has 5 heterocycles. The summed E-state index contributed by atoms with van der Waals surface area (Å²) in [6, 6.07) is 34.2. The van der Waals surface area contributed by atoms with E-state index in [1.54, 1.807) is 14.5 Å². The quantitative estimate of drug-likeness (QED) is 0.0997. The van der Waals surface area contributed by atoms with Gasteiger partial charge in [-0.2, -0.15) is 10.2 Å². The van der Waals surface area contributed by atoms with Crippen molar-refractivity contribution in [2.24, 2.45) is 0 Å². The number of nitrogens with zero attached hydrogens (tertiary/aromatic N) is 9. The summed E-state index contributed by atoms with van der Waals surface area (Å²) in [6.07, 6.45) is 7.59. The minimum atomic E-state index is -0.102. The molecule has 0 saturated carbocycles. The van der Waals surface area contributed by atoms with Gasteiger partial charge in [0, 0.05) is 31.7 Å². The lowest BCUT2D eigenvalue weighted by Crippen LogP contribution is -2.40. The van der Waals surface area contributed by atoms with E-state index < -0.39 is 0 Å². The molecule has 2 fully saturated rings. The summed E-state index contributed by atoms with van der Waals surface area (Å²) in [5.41, 5.74) is 16.5. The number of piperidine rings is 2. The summed E-state index contributed by atoms with van der Waals surface area (Å²) in [7, 11) is 0. The van der Waals surface area contributed by atoms with Crippen molar-refractivity contribution >= 4 is 40.2 Å². The van der Waals surface area contributed by atoms with Crippen molar-refractivity contribution in [1.29, 1.82) is 0 Å². The second kappa shape index (κ2) is 19.2. The lowest BCUT2D eigenvalue weighted by Gasteiger charge is -2.32. The number of aromatic nitrogens is 6. The molecule has 2 aliphatic heterocycles. The first kappa shape index (κ1) is 42.4. The lowest BCUT2D eigenvalue weighted by atomic mass is 10.1. The number of nitrogens with two attached hydrogens (primary N) is 2. The van der Waals surface area contributed by atoms with Crippen molar-refractivity contribution in [1.82, 2.24) is 39.3 Å². The Balaban J connectivity index is 0.000000175. The van der Waals surface area contributed by atoms with E-state index in [-0.39, 0.29) is 23.9 Å². The Bertz CT molecular complexity index is 2820. The van der Waals surface area contributed by atoms with Gasteiger partial charge in [0.2, 0.25) is 11.8 Å². The molecule has 0 radical (unpaired) electrons. The van der Waals surface area contributed by atoms with Gasteiger partial charge in [-0.05, 0) is 104 Å². The van der Waals surface area contributed by atoms with Crippen LogP contribution >= 0.6 is 0 Å². The number of carbonyl (C=O) groups excluding carboxylic acids is 2. The van der Waals surface area contributed by atoms with Gasteiger partial charge in [-0.1, -0.05) is 61.7 Å². The maximum Gasteiger partial charge on any atom is 0.254 e. The Labute approximate surface area is 370 Å². The molecule has 0 spiro atoms. The van der Waals surface area contributed by atoms with Crippen LogP contribution in [0.3, 0.4) is 0 Å². The average Bonchev–Trinajstić information content (AvgIpc) is 3.91. The van der Waals surface area contributed by atoms with Crippen LogP contribution in [0.15, 0.2) is 141 Å². The predicted octanol–water partition coefficient (Wildman–Crippen LogP) is 9.04. The molecule has 15 heteroatoms. The number of hydrogen-bond donors (Lipinski definition) is 2. The molecule has 64 heavy (non-hydrogen) atoms. The first-order chi connectivity index (χ1) is 31.2. The Morgan fingerprint density at radius 2 is 1.12 bits per heavy atom. The standard InChI is InChI=1S/C25H24N6O2.C24H23N5O2/c1-2-21(32)30-14-6-7-18(15-30)31-25-22(24(26)27-16-28-25)23(29-31)17-10-12-20(13-11-17)33-19-8-4-3-5-9-19;1-3-21(30)28-15-7-8-18(16-28)29-24(25)23(26-2)22(27-29)17-11-13-20(14-12-17)31-19-9-5-4-6-10-19/h2-5,8-13,16,18H,1,6-7,14-15H2,(H2,26,27,28);3-6,9-14,18H,1,7-8,15-16,25H2/t2*18-/m11/s1. The second-order valence-corrected chi connectivity index (χ2v) is 15.3. The van der Waals surface area contributed by atoms with Crippen LogP contribution in [0.1, 0.15) is 37.8 Å². The number of hydrogen-bond acceptors (Lipinski definition) is 10. The number of benzene rings is 4. The van der Waals surface area contributed by atoms with Crippen LogP contribution in [-0.4, -0.2) is 77.3 Å². The fourth-order valence-corrected chi connectivity index (χ4v) is 8.05. The fraction of sp³-hybridized carbons (Fsp3) is 0.204. The Morgan fingerprint density at radius 1 is 0.656 bits per heavy atom. The molecule has 4 N–H and O–H groups in total. The Morgan fingerprint density at radius 3 is 1.62 bits per heavy atom. The minimum Gasteiger partial charge on any atom is -0.457 e. The second-order valence-electron chi connectivity index (χ2n) is 15.3. The van der Waals surface area contributed by atoms with Gasteiger partial charge in [-0.15, -0.1) is 0 Å². The fourth-order valence-electron chi connectivity index (χ4n) is 8.05. The van der Waals surface area contributed by atoms with E-state index in [4.69, 9.17) is 32.6 Å². The molecule has 322 valence electrons. The van der Waals surface area contributed by atoms with Gasteiger partial charge in [0.15, 0.2) is 5.65 Å². The van der Waals surface area contributed by atoms with Gasteiger partial charge < -0.3 is 30.7 Å². The third-order valence-corrected chi connectivity index (χ3v) is 11.2. The predicted molar refractivity (Wildman–Crippen MR) is 247 cm³/mol. The highest BCUT2D eigenvalue weighted by Crippen LogP contribution is 2.39. The van der Waals surface area contributed by atoms with Crippen molar-refractivity contribution < 1.29 is 19.1 Å². The van der Waals surface area contributed by atoms with Crippen LogP contribution < -0.4 is 20.9 Å². The number of anilines is 2. The van der Waals surface area contributed by atoms with Crippen molar-refractivity contribution in [3.63, 3.8) is 0 Å². The van der Waals surface area contributed by atoms with Gasteiger partial charge in [0.05, 0.1) is 24.0 Å². The molecular formula is C49H47N11O4. The third kappa shape index (κ3) is 9.16. The summed E-state index contributed by atoms with van der Waals surface area (Å²) < 4.78 is 15.3. The van der Waals surface area contributed by atoms with E-state index in [1.807, 2.05) is 114 Å². The van der Waals surface area contributed by atoms with Crippen LogP contribution in [0, 0.1) is 6.57 Å². The number of ether oxygens (including phenoxy) is 2. The molecule has 2 saturated heterocycles. The Hall–Kier alpha value is -8.25. The van der Waals surface area contributed by atoms with Crippen LogP contribution in [0.25, 0.3) is 38.4 Å². The highest BCUT2D eigenvalue weighted by atomic mass is 16.5. The maximum absolute atomic E-state index is 12.2. The SMILES string of the molecule is C=CC(=O)N1CCC[C@@H](n2nc(-c3ccc(Oc4ccccc4)cc3)c3c(N)ncnc32)C1.[C-]#[N+]c1c(-c2ccc(Oc3ccccc3)cc2)nn([C@@H]2CCCN(C(=O)C=C)C2)c1N. The average molecular weight is 854 g/mol. The van der Waals surface area contributed by atoms with Gasteiger partial charge in [-0.25, -0.2) is 19.5 Å². The van der Waals surface area contributed by atoms with Crippen molar-refractivity contribution in [2.45, 2.75) is 37.8 Å². The molecule has 3 aromatic heterocycles. The smallest absolute Gasteiger partial charge is 0.254 e. The van der Waals surface area contributed by atoms with E-state index in [2.05, 4.69) is 33.1 Å². The third-order valence-electron chi connectivity index (χ3n) is 11.2. The molecule has 2 amide bonds. The highest BCUT2D eigenvalue weighted by molar-refractivity contribution is 5.98. The van der Waals surface area contributed by atoms with Gasteiger partial charge in [0.1, 0.15) is 52.3 Å². The maximum atomic E-state index is 12.2. The highest BCUT2D eigenvalue weighted by Gasteiger charge is 2.30. The molecule has 4 aromatic carbocycles. The summed E-state index contributed by atoms with van der Waals surface area (Å²) >= 11 is 0. The molecule has 7 aromatic rings. The van der Waals surface area contributed by atoms with Crippen LogP contribution in [-0.2, 0) is 9.59 Å². The van der Waals surface area contributed by atoms with Crippen LogP contribution in [0.4, 0.5) is 17.3 Å². The van der Waals surface area contributed by atoms with Crippen molar-refractivity contribution in [3.8, 4) is 45.5 Å². The summed E-state index contributed by atoms with van der Waals surface area (Å²) in [5, 5.41) is 10.3. The number of amides is 2. The van der Waals surface area contributed by atoms with Gasteiger partial charge >= 0.3 is 0 Å². The number of likely N-dealkylation sites (tertiary alicyclic amines) is 2. The van der Waals surface area contributed by atoms with E-state index >= 15 is 0 Å². The van der Waals surface area contributed by atoms with Crippen molar-refractivity contribution in [2.75, 3.05) is 37.6 Å². The summed E-state index contributed by atoms with van der Waals surface area (Å²) in [5.74, 6) is 3.47. The summed E-state index contributed by atoms with van der Waals surface area (Å²) in [6.45, 7) is 17.3. The molecule has 9 rings (SSSR count). The normalized spacial score (nSPS) is 15.9. The van der Waals surface area contributed by atoms with E-state index in [9.17, 15) is 9.59 Å². The molecule has 0 bridgehead atoms. The number of rotatable bonds is 10. The lowest BCUT2D eigenvalue weighted by molar-refractivity contribution is -0.128. The first-order valence-electron chi connectivity index (χ1n) is 21.0. The number of nitrogen functional groups attached to an aromatic ring is 2. The molecule has 0 unspecified atom stereocenters. The number of carbonyl (C=O) groups is 2. The molecule has 0 aliphatic carbocycles. The van der Waals surface area contributed by atoms with E-state index in [0.29, 0.717) is 71.7 Å².